The second-order valence-electron chi connectivity index (χ2n) is 9.55. The third kappa shape index (κ3) is 4.19. The second kappa shape index (κ2) is 9.00. The first kappa shape index (κ1) is 24.2. The summed E-state index contributed by atoms with van der Waals surface area (Å²) < 4.78 is 44.9. The van der Waals surface area contributed by atoms with Gasteiger partial charge in [-0.25, -0.2) is 0 Å². The van der Waals surface area contributed by atoms with Gasteiger partial charge in [0, 0.05) is 50.1 Å². The van der Waals surface area contributed by atoms with Crippen LogP contribution in [0.3, 0.4) is 0 Å². The molecule has 1 spiro atoms. The number of carbonyl (C=O) groups is 1. The predicted octanol–water partition coefficient (Wildman–Crippen LogP) is 3.08. The van der Waals surface area contributed by atoms with Crippen LogP contribution in [0.5, 0.6) is 0 Å². The van der Waals surface area contributed by atoms with Crippen molar-refractivity contribution in [1.29, 1.82) is 0 Å². The van der Waals surface area contributed by atoms with Crippen LogP contribution in [0.15, 0.2) is 24.4 Å². The summed E-state index contributed by atoms with van der Waals surface area (Å²) in [6, 6.07) is 0.952. The van der Waals surface area contributed by atoms with Crippen molar-refractivity contribution in [2.45, 2.75) is 76.5 Å². The first-order valence-electron chi connectivity index (χ1n) is 11.6. The lowest BCUT2D eigenvalue weighted by atomic mass is 9.74. The maximum absolute atomic E-state index is 13.6. The summed E-state index contributed by atoms with van der Waals surface area (Å²) in [4.78, 5) is 19.5. The number of aliphatic hydroxyl groups is 1. The van der Waals surface area contributed by atoms with Gasteiger partial charge in [0.25, 0.3) is 0 Å². The van der Waals surface area contributed by atoms with Crippen molar-refractivity contribution in [3.63, 3.8) is 0 Å². The predicted molar refractivity (Wildman–Crippen MR) is 116 cm³/mol. The van der Waals surface area contributed by atoms with E-state index in [1.165, 1.54) is 0 Å². The first-order valence-corrected chi connectivity index (χ1v) is 11.6. The molecule has 6 nitrogen and oxygen atoms in total. The number of rotatable bonds is 7. The number of aliphatic hydroxyl groups excluding tert-OH is 1. The van der Waals surface area contributed by atoms with Gasteiger partial charge in [-0.05, 0) is 30.4 Å². The van der Waals surface area contributed by atoms with E-state index >= 15 is 0 Å². The Balaban J connectivity index is 1.52. The Hall–Kier alpha value is -1.97. The number of halogens is 3. The zero-order valence-electron chi connectivity index (χ0n) is 19.2. The molecule has 9 heteroatoms. The maximum atomic E-state index is 13.6. The number of pyridine rings is 1. The largest absolute Gasteiger partial charge is 0.417 e. The fraction of sp³-hybridized carbons (Fsp3) is 0.667. The number of aromatic nitrogens is 1. The molecule has 1 aliphatic carbocycles. The molecule has 182 valence electrons. The third-order valence-electron chi connectivity index (χ3n) is 7.72. The lowest BCUT2D eigenvalue weighted by Gasteiger charge is -2.33. The van der Waals surface area contributed by atoms with Crippen molar-refractivity contribution in [3.05, 3.63) is 41.2 Å². The Morgan fingerprint density at radius 1 is 1.42 bits per heavy atom. The number of carbonyl (C=O) groups excluding carboxylic acids is 1. The minimum atomic E-state index is -4.46. The third-order valence-corrected chi connectivity index (χ3v) is 7.72. The van der Waals surface area contributed by atoms with Crippen LogP contribution in [-0.4, -0.2) is 58.8 Å². The van der Waals surface area contributed by atoms with E-state index in [1.54, 1.807) is 12.0 Å². The summed E-state index contributed by atoms with van der Waals surface area (Å²) in [5, 5.41) is 13.2. The summed E-state index contributed by atoms with van der Waals surface area (Å²) >= 11 is 0. The van der Waals surface area contributed by atoms with Crippen molar-refractivity contribution in [3.8, 4) is 0 Å². The molecule has 1 saturated heterocycles. The van der Waals surface area contributed by atoms with E-state index in [0.29, 0.717) is 24.1 Å². The SMILES string of the molecule is CCC[C@H](N[C@@H]1C=C[C@@]2(C1)C(=O)N1Cc3cc(C(F)(F)F)cnc3CC1C2C)[C@@H](CO)OC. The van der Waals surface area contributed by atoms with Crippen LogP contribution in [0.2, 0.25) is 0 Å². The molecular formula is C24H32F3N3O3. The Morgan fingerprint density at radius 2 is 2.18 bits per heavy atom. The molecule has 0 bridgehead atoms. The number of alkyl halides is 3. The molecule has 2 aliphatic heterocycles. The van der Waals surface area contributed by atoms with Crippen molar-refractivity contribution in [1.82, 2.24) is 15.2 Å². The zero-order chi connectivity index (χ0) is 24.0. The van der Waals surface area contributed by atoms with Gasteiger partial charge in [0.1, 0.15) is 0 Å². The number of methoxy groups -OCH3 is 1. The zero-order valence-corrected chi connectivity index (χ0v) is 19.2. The van der Waals surface area contributed by atoms with Gasteiger partial charge >= 0.3 is 6.18 Å². The van der Waals surface area contributed by atoms with Gasteiger partial charge in [-0.2, -0.15) is 13.2 Å². The van der Waals surface area contributed by atoms with Crippen LogP contribution in [0.25, 0.3) is 0 Å². The Bertz CT molecular complexity index is 918. The van der Waals surface area contributed by atoms with Gasteiger partial charge in [-0.3, -0.25) is 9.78 Å². The maximum Gasteiger partial charge on any atom is 0.417 e. The van der Waals surface area contributed by atoms with Crippen LogP contribution in [0.1, 0.15) is 49.9 Å². The Morgan fingerprint density at radius 3 is 2.82 bits per heavy atom. The molecule has 2 N–H and O–H groups in total. The van der Waals surface area contributed by atoms with Crippen molar-refractivity contribution in [2.75, 3.05) is 13.7 Å². The number of hydrogen-bond acceptors (Lipinski definition) is 5. The van der Waals surface area contributed by atoms with Gasteiger partial charge < -0.3 is 20.1 Å². The summed E-state index contributed by atoms with van der Waals surface area (Å²) in [6.07, 6.45) is 2.91. The molecule has 0 radical (unpaired) electrons. The Kier molecular flexibility index (Phi) is 6.59. The molecule has 6 atom stereocenters. The smallest absolute Gasteiger partial charge is 0.394 e. The van der Waals surface area contributed by atoms with E-state index in [4.69, 9.17) is 4.74 Å². The monoisotopic (exact) mass is 467 g/mol. The number of nitrogens with zero attached hydrogens (tertiary/aromatic N) is 2. The van der Waals surface area contributed by atoms with Crippen LogP contribution in [0, 0.1) is 11.3 Å². The molecule has 2 unspecified atom stereocenters. The molecular weight excluding hydrogens is 435 g/mol. The normalized spacial score (nSPS) is 30.6. The van der Waals surface area contributed by atoms with Crippen LogP contribution in [-0.2, 0) is 28.7 Å². The van der Waals surface area contributed by atoms with Gasteiger partial charge in [0.15, 0.2) is 0 Å². The summed E-state index contributed by atoms with van der Waals surface area (Å²) in [5.41, 5.74) is -0.344. The topological polar surface area (TPSA) is 74.7 Å². The molecule has 1 aromatic heterocycles. The molecule has 33 heavy (non-hydrogen) atoms. The highest BCUT2D eigenvalue weighted by Crippen LogP contribution is 2.51. The van der Waals surface area contributed by atoms with Gasteiger partial charge in [0.2, 0.25) is 5.91 Å². The minimum Gasteiger partial charge on any atom is -0.394 e. The lowest BCUT2D eigenvalue weighted by molar-refractivity contribution is -0.137. The van der Waals surface area contributed by atoms with E-state index in [0.717, 1.165) is 25.1 Å². The number of nitrogens with one attached hydrogen (secondary N) is 1. The quantitative estimate of drug-likeness (QED) is 0.603. The molecule has 0 saturated carbocycles. The molecule has 0 aromatic carbocycles. The minimum absolute atomic E-state index is 0.00554. The molecule has 1 aromatic rings. The molecule has 4 rings (SSSR count). The van der Waals surface area contributed by atoms with E-state index in [-0.39, 0.29) is 49.2 Å². The van der Waals surface area contributed by atoms with Gasteiger partial charge in [-0.1, -0.05) is 32.4 Å². The van der Waals surface area contributed by atoms with Gasteiger partial charge in [-0.15, -0.1) is 0 Å². The molecule has 3 aliphatic rings. The van der Waals surface area contributed by atoms with E-state index in [1.807, 2.05) is 12.2 Å². The molecule has 3 heterocycles. The van der Waals surface area contributed by atoms with Crippen molar-refractivity contribution < 1.29 is 27.8 Å². The van der Waals surface area contributed by atoms with E-state index in [2.05, 4.69) is 24.1 Å². The summed E-state index contributed by atoms with van der Waals surface area (Å²) in [6.45, 7) is 4.19. The highest BCUT2D eigenvalue weighted by Gasteiger charge is 2.58. The number of hydrogen-bond donors (Lipinski definition) is 2. The first-order chi connectivity index (χ1) is 15.6. The second-order valence-corrected chi connectivity index (χ2v) is 9.55. The van der Waals surface area contributed by atoms with E-state index < -0.39 is 17.2 Å². The number of fused-ring (bicyclic) bond motifs is 2. The Labute approximate surface area is 192 Å². The van der Waals surface area contributed by atoms with Crippen LogP contribution < -0.4 is 5.32 Å². The summed E-state index contributed by atoms with van der Waals surface area (Å²) in [7, 11) is 1.58. The fourth-order valence-electron chi connectivity index (χ4n) is 5.83. The average molecular weight is 468 g/mol. The lowest BCUT2D eigenvalue weighted by Crippen LogP contribution is -2.48. The van der Waals surface area contributed by atoms with E-state index in [9.17, 15) is 23.1 Å². The number of ether oxygens (including phenoxy) is 1. The van der Waals surface area contributed by atoms with Gasteiger partial charge in [0.05, 0.1) is 23.7 Å². The molecule has 1 amide bonds. The highest BCUT2D eigenvalue weighted by atomic mass is 19.4. The van der Waals surface area contributed by atoms with Crippen LogP contribution >= 0.6 is 0 Å². The molecule has 1 fully saturated rings. The number of amides is 1. The highest BCUT2D eigenvalue weighted by molar-refractivity contribution is 5.89. The average Bonchev–Trinajstić information content (AvgIpc) is 3.29. The standard InChI is InChI=1S/C24H32F3N3O3/c1-4-5-18(21(13-31)33-3)29-17-6-7-23(10-17)14(2)20-9-19-15(12-30(20)22(23)32)8-16(11-28-19)24(25,26)27/h6-8,11,14,17-18,20-21,29,31H,4-5,9-10,12-13H2,1-3H3/t14?,17-,18+,20?,21-,23+/m1/s1. The summed E-state index contributed by atoms with van der Waals surface area (Å²) in [5.74, 6) is -0.0212. The fourth-order valence-corrected chi connectivity index (χ4v) is 5.83. The van der Waals surface area contributed by atoms with Crippen LogP contribution in [0.4, 0.5) is 13.2 Å². The van der Waals surface area contributed by atoms with Crippen molar-refractivity contribution in [2.24, 2.45) is 11.3 Å². The van der Waals surface area contributed by atoms with Crippen molar-refractivity contribution >= 4 is 5.91 Å².